The van der Waals surface area contributed by atoms with E-state index in [1.807, 2.05) is 0 Å². The molecular weight excluding hydrogens is 192 g/mol. The van der Waals surface area contributed by atoms with Gasteiger partial charge in [0.1, 0.15) is 5.60 Å². The Morgan fingerprint density at radius 2 is 2.40 bits per heavy atom. The summed E-state index contributed by atoms with van der Waals surface area (Å²) in [7, 11) is 0. The molecule has 3 atom stereocenters. The van der Waals surface area contributed by atoms with Crippen LogP contribution in [0.1, 0.15) is 32.6 Å². The van der Waals surface area contributed by atoms with Crippen molar-refractivity contribution in [3.8, 4) is 12.3 Å². The Morgan fingerprint density at radius 1 is 1.73 bits per heavy atom. The van der Waals surface area contributed by atoms with Crippen molar-refractivity contribution in [2.75, 3.05) is 0 Å². The highest BCUT2D eigenvalue weighted by Gasteiger charge is 2.38. The normalized spacial score (nSPS) is 33.0. The molecule has 4 nitrogen and oxygen atoms in total. The second-order valence-corrected chi connectivity index (χ2v) is 4.16. The van der Waals surface area contributed by atoms with E-state index < -0.39 is 17.6 Å². The summed E-state index contributed by atoms with van der Waals surface area (Å²) in [6, 6.07) is -0.702. The van der Waals surface area contributed by atoms with Crippen molar-refractivity contribution in [3.63, 3.8) is 0 Å². The monoisotopic (exact) mass is 210 g/mol. The molecule has 0 unspecified atom stereocenters. The maximum Gasteiger partial charge on any atom is 0.234 e. The molecule has 4 N–H and O–H groups in total. The first-order valence-corrected chi connectivity index (χ1v) is 5.25. The van der Waals surface area contributed by atoms with E-state index in [2.05, 4.69) is 11.2 Å². The zero-order chi connectivity index (χ0) is 11.5. The van der Waals surface area contributed by atoms with Crippen molar-refractivity contribution in [2.24, 2.45) is 5.73 Å². The number of rotatable bonds is 3. The SMILES string of the molecule is C#C[C@]1(O)CCCC[C@@H]1N[C@H](C)C(N)=O. The molecule has 0 aromatic rings. The van der Waals surface area contributed by atoms with Crippen LogP contribution in [0, 0.1) is 12.3 Å². The molecule has 1 aliphatic rings. The Hall–Kier alpha value is -1.05. The fourth-order valence-electron chi connectivity index (χ4n) is 1.93. The fraction of sp³-hybridized carbons (Fsp3) is 0.727. The predicted octanol–water partition coefficient (Wildman–Crippen LogP) is -0.243. The van der Waals surface area contributed by atoms with Gasteiger partial charge in [-0.1, -0.05) is 12.3 Å². The maximum atomic E-state index is 10.9. The van der Waals surface area contributed by atoms with Gasteiger partial charge in [-0.2, -0.15) is 0 Å². The van der Waals surface area contributed by atoms with Crippen LogP contribution in [0.4, 0.5) is 0 Å². The molecule has 15 heavy (non-hydrogen) atoms. The number of terminal acetylenes is 1. The predicted molar refractivity (Wildman–Crippen MR) is 57.8 cm³/mol. The van der Waals surface area contributed by atoms with Gasteiger partial charge in [0.05, 0.1) is 6.04 Å². The largest absolute Gasteiger partial charge is 0.376 e. The van der Waals surface area contributed by atoms with Gasteiger partial charge in [0, 0.05) is 6.04 Å². The average molecular weight is 210 g/mol. The Bertz CT molecular complexity index is 285. The van der Waals surface area contributed by atoms with Crippen molar-refractivity contribution in [1.82, 2.24) is 5.32 Å². The zero-order valence-electron chi connectivity index (χ0n) is 8.99. The highest BCUT2D eigenvalue weighted by molar-refractivity contribution is 5.79. The third-order valence-electron chi connectivity index (χ3n) is 3.01. The molecule has 0 saturated heterocycles. The molecule has 0 aliphatic heterocycles. The topological polar surface area (TPSA) is 75.3 Å². The van der Waals surface area contributed by atoms with E-state index in [9.17, 15) is 9.90 Å². The number of amides is 1. The van der Waals surface area contributed by atoms with Crippen LogP contribution < -0.4 is 11.1 Å². The van der Waals surface area contributed by atoms with Crippen molar-refractivity contribution >= 4 is 5.91 Å². The van der Waals surface area contributed by atoms with Gasteiger partial charge in [0.2, 0.25) is 5.91 Å². The molecule has 1 aliphatic carbocycles. The number of hydrogen-bond acceptors (Lipinski definition) is 3. The highest BCUT2D eigenvalue weighted by atomic mass is 16.3. The minimum absolute atomic E-state index is 0.237. The van der Waals surface area contributed by atoms with Gasteiger partial charge in [-0.05, 0) is 26.2 Å². The number of hydrogen-bond donors (Lipinski definition) is 3. The van der Waals surface area contributed by atoms with Crippen LogP contribution in [0.15, 0.2) is 0 Å². The van der Waals surface area contributed by atoms with Crippen molar-refractivity contribution in [1.29, 1.82) is 0 Å². The summed E-state index contributed by atoms with van der Waals surface area (Å²) in [5.74, 6) is 1.98. The molecule has 0 spiro atoms. The molecule has 0 aromatic heterocycles. The summed E-state index contributed by atoms with van der Waals surface area (Å²) in [4.78, 5) is 10.9. The van der Waals surface area contributed by atoms with Crippen LogP contribution in [0.5, 0.6) is 0 Å². The second-order valence-electron chi connectivity index (χ2n) is 4.16. The van der Waals surface area contributed by atoms with E-state index in [1.165, 1.54) is 0 Å². The van der Waals surface area contributed by atoms with Crippen LogP contribution >= 0.6 is 0 Å². The fourth-order valence-corrected chi connectivity index (χ4v) is 1.93. The summed E-state index contributed by atoms with van der Waals surface area (Å²) in [5, 5.41) is 13.1. The van der Waals surface area contributed by atoms with E-state index >= 15 is 0 Å². The first-order chi connectivity index (χ1) is 6.99. The summed E-state index contributed by atoms with van der Waals surface area (Å²) >= 11 is 0. The van der Waals surface area contributed by atoms with Crippen LogP contribution in [-0.4, -0.2) is 28.7 Å². The lowest BCUT2D eigenvalue weighted by Gasteiger charge is -2.37. The summed E-state index contributed by atoms with van der Waals surface area (Å²) in [5.41, 5.74) is 4.01. The van der Waals surface area contributed by atoms with Gasteiger partial charge >= 0.3 is 0 Å². The van der Waals surface area contributed by atoms with Gasteiger partial charge in [0.25, 0.3) is 0 Å². The van der Waals surface area contributed by atoms with Gasteiger partial charge in [-0.25, -0.2) is 0 Å². The lowest BCUT2D eigenvalue weighted by Crippen LogP contribution is -2.56. The van der Waals surface area contributed by atoms with Gasteiger partial charge in [-0.3, -0.25) is 10.1 Å². The molecule has 1 rings (SSSR count). The third kappa shape index (κ3) is 2.71. The van der Waals surface area contributed by atoms with Gasteiger partial charge < -0.3 is 10.8 Å². The first kappa shape index (κ1) is 12.0. The standard InChI is InChI=1S/C11H18N2O2/c1-3-11(15)7-5-4-6-9(11)13-8(2)10(12)14/h1,8-9,13,15H,4-7H2,2H3,(H2,12,14)/t8-,9+,11+/m1/s1. The number of aliphatic hydroxyl groups is 1. The summed E-state index contributed by atoms with van der Waals surface area (Å²) in [6.45, 7) is 1.67. The van der Waals surface area contributed by atoms with E-state index in [0.717, 1.165) is 19.3 Å². The molecule has 0 radical (unpaired) electrons. The molecule has 4 heteroatoms. The molecule has 0 aromatic carbocycles. The minimum Gasteiger partial charge on any atom is -0.376 e. The van der Waals surface area contributed by atoms with Crippen molar-refractivity contribution in [2.45, 2.75) is 50.3 Å². The smallest absolute Gasteiger partial charge is 0.234 e. The number of nitrogens with one attached hydrogen (secondary N) is 1. The molecular formula is C11H18N2O2. The van der Waals surface area contributed by atoms with Crippen LogP contribution in [0.3, 0.4) is 0 Å². The van der Waals surface area contributed by atoms with E-state index in [-0.39, 0.29) is 6.04 Å². The lowest BCUT2D eigenvalue weighted by atomic mass is 9.80. The number of carbonyl (C=O) groups excluding carboxylic acids is 1. The maximum absolute atomic E-state index is 10.9. The summed E-state index contributed by atoms with van der Waals surface area (Å²) < 4.78 is 0. The van der Waals surface area contributed by atoms with E-state index in [1.54, 1.807) is 6.92 Å². The third-order valence-corrected chi connectivity index (χ3v) is 3.01. The summed E-state index contributed by atoms with van der Waals surface area (Å²) in [6.07, 6.45) is 8.60. The quantitative estimate of drug-likeness (QED) is 0.563. The Morgan fingerprint density at radius 3 is 2.93 bits per heavy atom. The Labute approximate surface area is 90.2 Å². The van der Waals surface area contributed by atoms with Gasteiger partial charge in [-0.15, -0.1) is 6.42 Å². The molecule has 84 valence electrons. The van der Waals surface area contributed by atoms with Crippen molar-refractivity contribution in [3.05, 3.63) is 0 Å². The van der Waals surface area contributed by atoms with Crippen LogP contribution in [-0.2, 0) is 4.79 Å². The lowest BCUT2D eigenvalue weighted by molar-refractivity contribution is -0.120. The van der Waals surface area contributed by atoms with Gasteiger partial charge in [0.15, 0.2) is 0 Å². The van der Waals surface area contributed by atoms with Crippen LogP contribution in [0.2, 0.25) is 0 Å². The first-order valence-electron chi connectivity index (χ1n) is 5.25. The molecule has 1 amide bonds. The Kier molecular flexibility index (Phi) is 3.72. The number of nitrogens with two attached hydrogens (primary N) is 1. The highest BCUT2D eigenvalue weighted by Crippen LogP contribution is 2.28. The molecule has 0 heterocycles. The van der Waals surface area contributed by atoms with E-state index in [0.29, 0.717) is 6.42 Å². The Balaban J connectivity index is 2.66. The molecule has 1 fully saturated rings. The molecule has 0 bridgehead atoms. The number of carbonyl (C=O) groups is 1. The van der Waals surface area contributed by atoms with Crippen molar-refractivity contribution < 1.29 is 9.90 Å². The average Bonchev–Trinajstić information content (AvgIpc) is 2.21. The second kappa shape index (κ2) is 4.65. The number of primary amides is 1. The van der Waals surface area contributed by atoms with E-state index in [4.69, 9.17) is 12.2 Å². The van der Waals surface area contributed by atoms with Crippen LogP contribution in [0.25, 0.3) is 0 Å². The minimum atomic E-state index is -1.14. The molecule has 1 saturated carbocycles. The zero-order valence-corrected chi connectivity index (χ0v) is 8.99.